The van der Waals surface area contributed by atoms with E-state index in [0.29, 0.717) is 12.8 Å². The molecule has 0 aromatic carbocycles. The first-order chi connectivity index (χ1) is 17.6. The number of carbonyl (C=O) groups excluding carboxylic acids is 1. The summed E-state index contributed by atoms with van der Waals surface area (Å²) in [6.07, 6.45) is 34.4. The highest BCUT2D eigenvalue weighted by Gasteiger charge is 2.14. The van der Waals surface area contributed by atoms with Crippen LogP contribution in [0.3, 0.4) is 0 Å². The fourth-order valence-electron chi connectivity index (χ4n) is 4.20. The van der Waals surface area contributed by atoms with Crippen molar-refractivity contribution in [1.82, 2.24) is 0 Å². The zero-order valence-electron chi connectivity index (χ0n) is 23.6. The number of carboxylic acid groups (broad SMARTS) is 1. The number of hydrogen-bond donors (Lipinski definition) is 1. The topological polar surface area (TPSA) is 63.6 Å². The van der Waals surface area contributed by atoms with Gasteiger partial charge in [0.2, 0.25) is 0 Å². The molecule has 0 spiro atoms. The van der Waals surface area contributed by atoms with E-state index in [9.17, 15) is 9.59 Å². The van der Waals surface area contributed by atoms with Gasteiger partial charge in [0.25, 0.3) is 0 Å². The van der Waals surface area contributed by atoms with Gasteiger partial charge in [-0.2, -0.15) is 0 Å². The summed E-state index contributed by atoms with van der Waals surface area (Å²) < 4.78 is 5.80. The highest BCUT2D eigenvalue weighted by molar-refractivity contribution is 5.69. The Morgan fingerprint density at radius 1 is 0.639 bits per heavy atom. The van der Waals surface area contributed by atoms with Crippen molar-refractivity contribution < 1.29 is 19.4 Å². The van der Waals surface area contributed by atoms with Gasteiger partial charge in [0, 0.05) is 12.8 Å². The Morgan fingerprint density at radius 2 is 1.17 bits per heavy atom. The quantitative estimate of drug-likeness (QED) is 0.0723. The number of rotatable bonds is 26. The monoisotopic (exact) mass is 504 g/mol. The average Bonchev–Trinajstić information content (AvgIpc) is 2.86. The molecule has 0 fully saturated rings. The van der Waals surface area contributed by atoms with Crippen molar-refractivity contribution in [3.8, 4) is 0 Å². The van der Waals surface area contributed by atoms with E-state index < -0.39 is 5.97 Å². The molecule has 4 nitrogen and oxygen atoms in total. The molecule has 1 unspecified atom stereocenters. The second-order valence-electron chi connectivity index (χ2n) is 9.91. The fourth-order valence-corrected chi connectivity index (χ4v) is 4.20. The van der Waals surface area contributed by atoms with Gasteiger partial charge in [-0.3, -0.25) is 9.59 Å². The van der Waals surface area contributed by atoms with Crippen LogP contribution in [-0.2, 0) is 14.3 Å². The summed E-state index contributed by atoms with van der Waals surface area (Å²) in [5, 5.41) is 8.84. The lowest BCUT2D eigenvalue weighted by atomic mass is 10.0. The SMILES string of the molecule is CC/C=C\C/C=C\C/C=C\CCCCCCCC(=O)OC(CCCCCCCC)CCCCC(=O)O. The number of esters is 1. The van der Waals surface area contributed by atoms with Crippen LogP contribution in [0.4, 0.5) is 0 Å². The second kappa shape index (κ2) is 27.7. The van der Waals surface area contributed by atoms with Crippen molar-refractivity contribution in [2.24, 2.45) is 0 Å². The molecule has 0 aliphatic heterocycles. The van der Waals surface area contributed by atoms with E-state index >= 15 is 0 Å². The highest BCUT2D eigenvalue weighted by atomic mass is 16.5. The minimum atomic E-state index is -0.751. The van der Waals surface area contributed by atoms with Crippen molar-refractivity contribution in [2.75, 3.05) is 0 Å². The van der Waals surface area contributed by atoms with E-state index in [-0.39, 0.29) is 18.5 Å². The first-order valence-corrected chi connectivity index (χ1v) is 15.0. The Morgan fingerprint density at radius 3 is 1.83 bits per heavy atom. The summed E-state index contributed by atoms with van der Waals surface area (Å²) in [4.78, 5) is 23.1. The van der Waals surface area contributed by atoms with Crippen LogP contribution in [0.25, 0.3) is 0 Å². The number of carbonyl (C=O) groups is 2. The van der Waals surface area contributed by atoms with Crippen LogP contribution in [0.1, 0.15) is 149 Å². The van der Waals surface area contributed by atoms with E-state index in [0.717, 1.165) is 64.2 Å². The molecular formula is C32H56O4. The summed E-state index contributed by atoms with van der Waals surface area (Å²) >= 11 is 0. The predicted molar refractivity (Wildman–Crippen MR) is 153 cm³/mol. The van der Waals surface area contributed by atoms with Gasteiger partial charge in [-0.15, -0.1) is 0 Å². The van der Waals surface area contributed by atoms with Crippen molar-refractivity contribution in [3.05, 3.63) is 36.5 Å². The molecule has 4 heteroatoms. The van der Waals surface area contributed by atoms with Crippen molar-refractivity contribution >= 4 is 11.9 Å². The Hall–Kier alpha value is -1.84. The van der Waals surface area contributed by atoms with Gasteiger partial charge in [-0.05, 0) is 70.6 Å². The molecule has 0 amide bonds. The minimum absolute atomic E-state index is 0.0492. The summed E-state index contributed by atoms with van der Waals surface area (Å²) in [7, 11) is 0. The molecule has 0 aliphatic rings. The first kappa shape index (κ1) is 34.2. The normalized spacial score (nSPS) is 12.7. The lowest BCUT2D eigenvalue weighted by Crippen LogP contribution is -2.18. The summed E-state index contributed by atoms with van der Waals surface area (Å²) in [6.45, 7) is 4.38. The smallest absolute Gasteiger partial charge is 0.306 e. The number of carboxylic acids is 1. The Balaban J connectivity index is 3.91. The van der Waals surface area contributed by atoms with E-state index in [1.807, 2.05) is 0 Å². The van der Waals surface area contributed by atoms with Crippen molar-refractivity contribution in [3.63, 3.8) is 0 Å². The molecule has 0 aromatic heterocycles. The van der Waals surface area contributed by atoms with Crippen LogP contribution in [0.2, 0.25) is 0 Å². The number of ether oxygens (including phenoxy) is 1. The summed E-state index contributed by atoms with van der Waals surface area (Å²) in [5.74, 6) is -0.830. The highest BCUT2D eigenvalue weighted by Crippen LogP contribution is 2.17. The maximum absolute atomic E-state index is 12.4. The molecule has 0 aliphatic carbocycles. The van der Waals surface area contributed by atoms with Crippen LogP contribution < -0.4 is 0 Å². The van der Waals surface area contributed by atoms with Gasteiger partial charge >= 0.3 is 11.9 Å². The van der Waals surface area contributed by atoms with Crippen LogP contribution in [0, 0.1) is 0 Å². The molecule has 0 saturated carbocycles. The third-order valence-corrected chi connectivity index (χ3v) is 6.38. The van der Waals surface area contributed by atoms with Crippen LogP contribution >= 0.6 is 0 Å². The fraction of sp³-hybridized carbons (Fsp3) is 0.750. The van der Waals surface area contributed by atoms with Crippen molar-refractivity contribution in [2.45, 2.75) is 155 Å². The summed E-state index contributed by atoms with van der Waals surface area (Å²) in [6, 6.07) is 0. The number of unbranched alkanes of at least 4 members (excludes halogenated alkanes) is 11. The third-order valence-electron chi connectivity index (χ3n) is 6.38. The van der Waals surface area contributed by atoms with Crippen LogP contribution in [-0.4, -0.2) is 23.1 Å². The van der Waals surface area contributed by atoms with Crippen molar-refractivity contribution in [1.29, 1.82) is 0 Å². The van der Waals surface area contributed by atoms with Crippen LogP contribution in [0.15, 0.2) is 36.5 Å². The van der Waals surface area contributed by atoms with Gasteiger partial charge in [0.05, 0.1) is 0 Å². The maximum Gasteiger partial charge on any atom is 0.306 e. The standard InChI is InChI=1S/C32H56O4/c1-3-5-7-9-11-12-13-14-15-16-17-18-19-21-23-29-32(35)36-30(27-24-25-28-31(33)34)26-22-20-10-8-6-4-2/h5,7,11-12,14-15,30H,3-4,6,8-10,13,16-29H2,1-2H3,(H,33,34)/b7-5-,12-11-,15-14-. The molecule has 0 heterocycles. The molecule has 0 radical (unpaired) electrons. The maximum atomic E-state index is 12.4. The van der Waals surface area contributed by atoms with Gasteiger partial charge in [-0.25, -0.2) is 0 Å². The minimum Gasteiger partial charge on any atom is -0.481 e. The number of hydrogen-bond acceptors (Lipinski definition) is 3. The van der Waals surface area contributed by atoms with E-state index in [4.69, 9.17) is 9.84 Å². The first-order valence-electron chi connectivity index (χ1n) is 15.0. The lowest BCUT2D eigenvalue weighted by molar-refractivity contribution is -0.150. The molecule has 0 bridgehead atoms. The van der Waals surface area contributed by atoms with Gasteiger partial charge in [0.15, 0.2) is 0 Å². The van der Waals surface area contributed by atoms with E-state index in [1.165, 1.54) is 51.4 Å². The number of aliphatic carboxylic acids is 1. The Bertz CT molecular complexity index is 591. The zero-order valence-corrected chi connectivity index (χ0v) is 23.6. The largest absolute Gasteiger partial charge is 0.481 e. The van der Waals surface area contributed by atoms with Gasteiger partial charge in [0.1, 0.15) is 6.10 Å². The van der Waals surface area contributed by atoms with E-state index in [2.05, 4.69) is 50.3 Å². The molecule has 0 saturated heterocycles. The number of allylic oxidation sites excluding steroid dienone is 6. The van der Waals surface area contributed by atoms with E-state index in [1.54, 1.807) is 0 Å². The Labute approximate surface area is 222 Å². The Kier molecular flexibility index (Phi) is 26.3. The lowest BCUT2D eigenvalue weighted by Gasteiger charge is -2.18. The molecule has 1 atom stereocenters. The molecule has 1 N–H and O–H groups in total. The third kappa shape index (κ3) is 26.8. The second-order valence-corrected chi connectivity index (χ2v) is 9.91. The molecule has 208 valence electrons. The van der Waals surface area contributed by atoms with Gasteiger partial charge < -0.3 is 9.84 Å². The molecule has 0 aromatic rings. The predicted octanol–water partition coefficient (Wildman–Crippen LogP) is 9.88. The van der Waals surface area contributed by atoms with Gasteiger partial charge in [-0.1, -0.05) is 102 Å². The summed E-state index contributed by atoms with van der Waals surface area (Å²) in [5.41, 5.74) is 0. The molecule has 0 rings (SSSR count). The van der Waals surface area contributed by atoms with Crippen LogP contribution in [0.5, 0.6) is 0 Å². The average molecular weight is 505 g/mol. The zero-order chi connectivity index (χ0) is 26.5. The molecular weight excluding hydrogens is 448 g/mol. The molecule has 36 heavy (non-hydrogen) atoms.